The topological polar surface area (TPSA) is 70.4 Å². The van der Waals surface area contributed by atoms with Crippen LogP contribution in [0.25, 0.3) is 0 Å². The van der Waals surface area contributed by atoms with Gasteiger partial charge in [0.15, 0.2) is 5.69 Å². The van der Waals surface area contributed by atoms with Crippen LogP contribution in [0.1, 0.15) is 23.0 Å². The van der Waals surface area contributed by atoms with Gasteiger partial charge in [0.25, 0.3) is 0 Å². The van der Waals surface area contributed by atoms with Gasteiger partial charge in [-0.15, -0.1) is 11.8 Å². The molecule has 0 fully saturated rings. The fourth-order valence-corrected chi connectivity index (χ4v) is 1.82. The lowest BCUT2D eigenvalue weighted by molar-refractivity contribution is 0.0686. The van der Waals surface area contributed by atoms with Crippen LogP contribution in [0.5, 0.6) is 0 Å². The van der Waals surface area contributed by atoms with E-state index in [2.05, 4.69) is 4.98 Å². The molecule has 0 aliphatic carbocycles. The first kappa shape index (κ1) is 11.0. The Kier molecular flexibility index (Phi) is 3.91. The number of hydrogen-bond donors (Lipinski definition) is 2. The molecule has 0 saturated heterocycles. The van der Waals surface area contributed by atoms with Crippen molar-refractivity contribution >= 4 is 17.7 Å². The molecule has 0 bridgehead atoms. The molecule has 76 valence electrons. The van der Waals surface area contributed by atoms with Crippen molar-refractivity contribution in [2.24, 2.45) is 0 Å². The summed E-state index contributed by atoms with van der Waals surface area (Å²) >= 11 is 1.41. The zero-order valence-corrected chi connectivity index (χ0v) is 8.54. The van der Waals surface area contributed by atoms with Gasteiger partial charge in [0.2, 0.25) is 0 Å². The lowest BCUT2D eigenvalue weighted by Crippen LogP contribution is -2.03. The van der Waals surface area contributed by atoms with Gasteiger partial charge in [-0.3, -0.25) is 0 Å². The summed E-state index contributed by atoms with van der Waals surface area (Å²) in [6.07, 6.45) is 1.38. The maximum Gasteiger partial charge on any atom is 0.355 e. The molecule has 0 aliphatic rings. The molecule has 14 heavy (non-hydrogen) atoms. The number of nitrogens with zero attached hydrogens (tertiary/aromatic N) is 1. The maximum atomic E-state index is 10.8. The molecule has 5 heteroatoms. The lowest BCUT2D eigenvalue weighted by atomic mass is 10.2. The predicted octanol–water partition coefficient (Wildman–Crippen LogP) is 1.38. The lowest BCUT2D eigenvalue weighted by Gasteiger charge is -2.04. The zero-order valence-electron chi connectivity index (χ0n) is 7.73. The molecule has 2 N–H and O–H groups in total. The third-order valence-electron chi connectivity index (χ3n) is 1.59. The molecule has 1 aromatic rings. The van der Waals surface area contributed by atoms with Crippen molar-refractivity contribution in [3.63, 3.8) is 0 Å². The highest BCUT2D eigenvalue weighted by molar-refractivity contribution is 7.99. The highest BCUT2D eigenvalue weighted by atomic mass is 32.2. The van der Waals surface area contributed by atoms with Crippen LogP contribution in [-0.4, -0.2) is 26.9 Å². The van der Waals surface area contributed by atoms with E-state index in [1.54, 1.807) is 6.07 Å². The molecule has 0 aromatic carbocycles. The van der Waals surface area contributed by atoms with Crippen molar-refractivity contribution in [3.8, 4) is 0 Å². The number of aromatic carboxylic acids is 1. The maximum absolute atomic E-state index is 10.8. The van der Waals surface area contributed by atoms with Crippen LogP contribution in [0.4, 0.5) is 0 Å². The van der Waals surface area contributed by atoms with Crippen LogP contribution in [0.15, 0.2) is 17.2 Å². The molecule has 0 atom stereocenters. The van der Waals surface area contributed by atoms with Gasteiger partial charge < -0.3 is 10.2 Å². The van der Waals surface area contributed by atoms with Gasteiger partial charge in [-0.1, -0.05) is 6.92 Å². The molecule has 0 saturated carbocycles. The summed E-state index contributed by atoms with van der Waals surface area (Å²) < 4.78 is 0. The minimum atomic E-state index is -1.04. The quantitative estimate of drug-likeness (QED) is 0.739. The van der Waals surface area contributed by atoms with Crippen LogP contribution >= 0.6 is 11.8 Å². The fraction of sp³-hybridized carbons (Fsp3) is 0.333. The Labute approximate surface area is 86.0 Å². The molecular weight excluding hydrogens is 202 g/mol. The Hall–Kier alpha value is -1.07. The standard InChI is InChI=1S/C9H11NO3S/c1-2-14-7-3-6(5-11)4-10-8(7)9(12)13/h3-4,11H,2,5H2,1H3,(H,12,13). The van der Waals surface area contributed by atoms with E-state index in [1.807, 2.05) is 6.92 Å². The summed E-state index contributed by atoms with van der Waals surface area (Å²) in [4.78, 5) is 15.1. The number of aliphatic hydroxyl groups is 1. The van der Waals surface area contributed by atoms with E-state index in [-0.39, 0.29) is 12.3 Å². The van der Waals surface area contributed by atoms with E-state index in [0.717, 1.165) is 5.75 Å². The molecule has 0 amide bonds. The Morgan fingerprint density at radius 2 is 2.36 bits per heavy atom. The Balaban J connectivity index is 3.10. The first-order valence-electron chi connectivity index (χ1n) is 4.15. The van der Waals surface area contributed by atoms with Gasteiger partial charge >= 0.3 is 5.97 Å². The summed E-state index contributed by atoms with van der Waals surface area (Å²) in [5, 5.41) is 17.7. The second-order valence-electron chi connectivity index (χ2n) is 2.59. The highest BCUT2D eigenvalue weighted by Crippen LogP contribution is 2.22. The number of thioether (sulfide) groups is 1. The zero-order chi connectivity index (χ0) is 10.6. The van der Waals surface area contributed by atoms with Crippen molar-refractivity contribution < 1.29 is 15.0 Å². The fourth-order valence-electron chi connectivity index (χ4n) is 0.998. The third-order valence-corrected chi connectivity index (χ3v) is 2.51. The van der Waals surface area contributed by atoms with Gasteiger partial charge in [0.05, 0.1) is 6.61 Å². The number of rotatable bonds is 4. The van der Waals surface area contributed by atoms with Crippen molar-refractivity contribution in [3.05, 3.63) is 23.5 Å². The highest BCUT2D eigenvalue weighted by Gasteiger charge is 2.12. The van der Waals surface area contributed by atoms with Crippen LogP contribution in [0.3, 0.4) is 0 Å². The molecule has 0 spiro atoms. The van der Waals surface area contributed by atoms with Crippen LogP contribution in [0.2, 0.25) is 0 Å². The molecule has 1 heterocycles. The van der Waals surface area contributed by atoms with Crippen molar-refractivity contribution in [2.75, 3.05) is 5.75 Å². The number of aliphatic hydroxyl groups excluding tert-OH is 1. The van der Waals surface area contributed by atoms with Crippen molar-refractivity contribution in [1.82, 2.24) is 4.98 Å². The normalized spacial score (nSPS) is 10.1. The Morgan fingerprint density at radius 1 is 1.64 bits per heavy atom. The largest absolute Gasteiger partial charge is 0.476 e. The minimum Gasteiger partial charge on any atom is -0.476 e. The second kappa shape index (κ2) is 4.97. The van der Waals surface area contributed by atoms with E-state index >= 15 is 0 Å². The number of carboxylic acid groups (broad SMARTS) is 1. The molecular formula is C9H11NO3S. The predicted molar refractivity (Wildman–Crippen MR) is 53.5 cm³/mol. The molecule has 1 rings (SSSR count). The summed E-state index contributed by atoms with van der Waals surface area (Å²) in [7, 11) is 0. The van der Waals surface area contributed by atoms with E-state index in [0.29, 0.717) is 10.5 Å². The number of aromatic nitrogens is 1. The SMILES string of the molecule is CCSc1cc(CO)cnc1C(=O)O. The van der Waals surface area contributed by atoms with E-state index in [4.69, 9.17) is 10.2 Å². The number of hydrogen-bond acceptors (Lipinski definition) is 4. The number of carbonyl (C=O) groups is 1. The van der Waals surface area contributed by atoms with E-state index in [9.17, 15) is 4.79 Å². The van der Waals surface area contributed by atoms with Crippen LogP contribution in [0, 0.1) is 0 Å². The van der Waals surface area contributed by atoms with Crippen LogP contribution in [-0.2, 0) is 6.61 Å². The summed E-state index contributed by atoms with van der Waals surface area (Å²) in [6, 6.07) is 1.66. The van der Waals surface area contributed by atoms with Gasteiger partial charge in [0.1, 0.15) is 0 Å². The summed E-state index contributed by atoms with van der Waals surface area (Å²) in [5.41, 5.74) is 0.681. The molecule has 0 radical (unpaired) electrons. The molecule has 4 nitrogen and oxygen atoms in total. The summed E-state index contributed by atoms with van der Waals surface area (Å²) in [6.45, 7) is 1.81. The monoisotopic (exact) mass is 213 g/mol. The third kappa shape index (κ3) is 2.46. The molecule has 1 aromatic heterocycles. The average molecular weight is 213 g/mol. The van der Waals surface area contributed by atoms with Gasteiger partial charge in [-0.05, 0) is 17.4 Å². The number of carboxylic acids is 1. The van der Waals surface area contributed by atoms with Crippen LogP contribution < -0.4 is 0 Å². The van der Waals surface area contributed by atoms with E-state index < -0.39 is 5.97 Å². The smallest absolute Gasteiger partial charge is 0.355 e. The van der Waals surface area contributed by atoms with Crippen molar-refractivity contribution in [2.45, 2.75) is 18.4 Å². The molecule has 0 unspecified atom stereocenters. The molecule has 0 aliphatic heterocycles. The Morgan fingerprint density at radius 3 is 2.86 bits per heavy atom. The van der Waals surface area contributed by atoms with Crippen molar-refractivity contribution in [1.29, 1.82) is 0 Å². The average Bonchev–Trinajstić information content (AvgIpc) is 2.17. The Bertz CT molecular complexity index is 341. The summed E-state index contributed by atoms with van der Waals surface area (Å²) in [5.74, 6) is -0.262. The number of pyridine rings is 1. The van der Waals surface area contributed by atoms with Gasteiger partial charge in [-0.2, -0.15) is 0 Å². The first-order valence-corrected chi connectivity index (χ1v) is 5.13. The van der Waals surface area contributed by atoms with Gasteiger partial charge in [-0.25, -0.2) is 9.78 Å². The minimum absolute atomic E-state index is 0.0500. The van der Waals surface area contributed by atoms with E-state index in [1.165, 1.54) is 18.0 Å². The van der Waals surface area contributed by atoms with Gasteiger partial charge in [0, 0.05) is 11.1 Å². The second-order valence-corrected chi connectivity index (χ2v) is 3.89. The first-order chi connectivity index (χ1) is 6.69.